The lowest BCUT2D eigenvalue weighted by Crippen LogP contribution is -2.30. The number of rotatable bonds is 3. The first kappa shape index (κ1) is 19.3. The van der Waals surface area contributed by atoms with Crippen LogP contribution in [0.3, 0.4) is 0 Å². The Morgan fingerprint density at radius 3 is 2.36 bits per heavy atom. The molecule has 1 aromatic heterocycles. The highest BCUT2D eigenvalue weighted by atomic mass is 32.2. The second-order valence-corrected chi connectivity index (χ2v) is 6.33. The Hall–Kier alpha value is -2.02. The van der Waals surface area contributed by atoms with Crippen molar-refractivity contribution in [3.63, 3.8) is 0 Å². The van der Waals surface area contributed by atoms with Crippen LogP contribution in [0.5, 0.6) is 0 Å². The second kappa shape index (κ2) is 6.37. The summed E-state index contributed by atoms with van der Waals surface area (Å²) >= 11 is 0. The molecule has 13 heteroatoms. The van der Waals surface area contributed by atoms with E-state index >= 15 is 0 Å². The SMILES string of the molecule is O=c1ccc(C2C=C(OS(=O)(=O)C(F)(F)F)CCO2)cn1C(F)(F)F. The molecule has 0 aromatic carbocycles. The monoisotopic (exact) mass is 393 g/mol. The lowest BCUT2D eigenvalue weighted by atomic mass is 10.1. The zero-order valence-electron chi connectivity index (χ0n) is 12.0. The largest absolute Gasteiger partial charge is 0.534 e. The van der Waals surface area contributed by atoms with E-state index in [0.29, 0.717) is 12.3 Å². The Bertz CT molecular complexity index is 839. The first-order valence-corrected chi connectivity index (χ1v) is 7.85. The summed E-state index contributed by atoms with van der Waals surface area (Å²) < 4.78 is 105. The normalized spacial score (nSPS) is 19.4. The molecule has 0 bridgehead atoms. The van der Waals surface area contributed by atoms with Gasteiger partial charge in [-0.3, -0.25) is 4.79 Å². The van der Waals surface area contributed by atoms with E-state index in [1.807, 2.05) is 0 Å². The summed E-state index contributed by atoms with van der Waals surface area (Å²) in [6, 6.07) is 1.58. The molecule has 0 spiro atoms. The molecule has 0 aliphatic carbocycles. The number of nitrogens with zero attached hydrogens (tertiary/aromatic N) is 1. The predicted molar refractivity (Wildman–Crippen MR) is 69.5 cm³/mol. The molecule has 0 amide bonds. The number of pyridine rings is 1. The van der Waals surface area contributed by atoms with Crippen molar-refractivity contribution in [2.24, 2.45) is 0 Å². The summed E-state index contributed by atoms with van der Waals surface area (Å²) in [5.41, 5.74) is -7.24. The van der Waals surface area contributed by atoms with Crippen molar-refractivity contribution < 1.29 is 43.7 Å². The molecule has 0 saturated carbocycles. The van der Waals surface area contributed by atoms with Crippen LogP contribution in [0.1, 0.15) is 18.1 Å². The molecular weight excluding hydrogens is 384 g/mol. The van der Waals surface area contributed by atoms with Crippen LogP contribution in [0.4, 0.5) is 26.3 Å². The fourth-order valence-electron chi connectivity index (χ4n) is 1.91. The van der Waals surface area contributed by atoms with E-state index in [-0.39, 0.29) is 18.6 Å². The van der Waals surface area contributed by atoms with Gasteiger partial charge in [-0.15, -0.1) is 13.2 Å². The van der Waals surface area contributed by atoms with E-state index in [2.05, 4.69) is 4.18 Å². The van der Waals surface area contributed by atoms with Crippen LogP contribution in [0.25, 0.3) is 0 Å². The third kappa shape index (κ3) is 4.34. The van der Waals surface area contributed by atoms with Crippen LogP contribution in [-0.2, 0) is 25.3 Å². The van der Waals surface area contributed by atoms with Crippen LogP contribution in [-0.4, -0.2) is 25.1 Å². The maximum absolute atomic E-state index is 12.7. The molecule has 25 heavy (non-hydrogen) atoms. The van der Waals surface area contributed by atoms with Crippen molar-refractivity contribution >= 4 is 10.1 Å². The fraction of sp³-hybridized carbons (Fsp3) is 0.417. The summed E-state index contributed by atoms with van der Waals surface area (Å²) in [6.45, 7) is -0.297. The van der Waals surface area contributed by atoms with Crippen molar-refractivity contribution in [1.29, 1.82) is 0 Å². The summed E-state index contributed by atoms with van der Waals surface area (Å²) in [4.78, 5) is 11.2. The minimum absolute atomic E-state index is 0.220. The van der Waals surface area contributed by atoms with E-state index in [1.54, 1.807) is 0 Å². The van der Waals surface area contributed by atoms with E-state index in [9.17, 15) is 39.6 Å². The summed E-state index contributed by atoms with van der Waals surface area (Å²) in [7, 11) is -5.90. The van der Waals surface area contributed by atoms with Gasteiger partial charge in [-0.25, -0.2) is 4.57 Å². The predicted octanol–water partition coefficient (Wildman–Crippen LogP) is 2.54. The molecule has 140 valence electrons. The van der Waals surface area contributed by atoms with Crippen LogP contribution < -0.4 is 5.56 Å². The summed E-state index contributed by atoms with van der Waals surface area (Å²) in [5.74, 6) is -0.627. The number of alkyl halides is 6. The van der Waals surface area contributed by atoms with Crippen LogP contribution in [0.15, 0.2) is 35.0 Å². The maximum atomic E-state index is 12.7. The van der Waals surface area contributed by atoms with Crippen molar-refractivity contribution in [1.82, 2.24) is 4.57 Å². The van der Waals surface area contributed by atoms with Crippen LogP contribution in [0.2, 0.25) is 0 Å². The zero-order chi connectivity index (χ0) is 19.0. The lowest BCUT2D eigenvalue weighted by molar-refractivity contribution is -0.206. The number of ether oxygens (including phenoxy) is 1. The lowest BCUT2D eigenvalue weighted by Gasteiger charge is -2.23. The third-order valence-electron chi connectivity index (χ3n) is 3.02. The minimum Gasteiger partial charge on any atom is -0.381 e. The molecule has 1 aliphatic rings. The molecule has 0 radical (unpaired) electrons. The van der Waals surface area contributed by atoms with Crippen LogP contribution >= 0.6 is 0 Å². The third-order valence-corrected chi connectivity index (χ3v) is 4.02. The van der Waals surface area contributed by atoms with Gasteiger partial charge in [0.2, 0.25) is 0 Å². The molecule has 0 N–H and O–H groups in total. The number of halogens is 6. The Balaban J connectivity index is 2.34. The number of hydrogen-bond donors (Lipinski definition) is 0. The van der Waals surface area contributed by atoms with Gasteiger partial charge in [0, 0.05) is 24.2 Å². The number of hydrogen-bond acceptors (Lipinski definition) is 5. The topological polar surface area (TPSA) is 74.6 Å². The molecule has 1 unspecified atom stereocenters. The summed E-state index contributed by atoms with van der Waals surface area (Å²) in [6.07, 6.45) is -5.45. The molecule has 1 atom stereocenters. The minimum atomic E-state index is -5.90. The van der Waals surface area contributed by atoms with Gasteiger partial charge in [0.1, 0.15) is 11.9 Å². The standard InChI is InChI=1S/C12H9F6NO5S/c13-11(14,15)19-6-7(1-2-10(19)20)9-5-8(3-4-23-9)24-25(21,22)12(16,17)18/h1-2,5-6,9H,3-4H2. The Morgan fingerprint density at radius 1 is 1.16 bits per heavy atom. The van der Waals surface area contributed by atoms with Gasteiger partial charge in [-0.05, 0) is 12.1 Å². The maximum Gasteiger partial charge on any atom is 0.534 e. The van der Waals surface area contributed by atoms with Crippen molar-refractivity contribution in [2.45, 2.75) is 24.3 Å². The Kier molecular flexibility index (Phi) is 4.92. The summed E-state index contributed by atoms with van der Waals surface area (Å²) in [5, 5.41) is 0. The van der Waals surface area contributed by atoms with Gasteiger partial charge in [0.15, 0.2) is 0 Å². The van der Waals surface area contributed by atoms with E-state index in [4.69, 9.17) is 4.74 Å². The van der Waals surface area contributed by atoms with E-state index in [1.165, 1.54) is 0 Å². The molecule has 6 nitrogen and oxygen atoms in total. The van der Waals surface area contributed by atoms with Crippen molar-refractivity contribution in [3.05, 3.63) is 46.1 Å². The molecule has 1 aromatic rings. The quantitative estimate of drug-likeness (QED) is 0.448. The Labute approximate surface area is 136 Å². The van der Waals surface area contributed by atoms with Gasteiger partial charge in [0.05, 0.1) is 6.61 Å². The highest BCUT2D eigenvalue weighted by Gasteiger charge is 2.49. The van der Waals surface area contributed by atoms with Gasteiger partial charge in [-0.2, -0.15) is 21.6 Å². The first-order chi connectivity index (χ1) is 11.3. The van der Waals surface area contributed by atoms with E-state index in [0.717, 1.165) is 12.1 Å². The Morgan fingerprint density at radius 2 is 1.80 bits per heavy atom. The van der Waals surface area contributed by atoms with E-state index < -0.39 is 43.9 Å². The number of aromatic nitrogens is 1. The molecule has 0 saturated heterocycles. The second-order valence-electron chi connectivity index (χ2n) is 4.80. The molecule has 2 rings (SSSR count). The van der Waals surface area contributed by atoms with Gasteiger partial charge < -0.3 is 8.92 Å². The van der Waals surface area contributed by atoms with Gasteiger partial charge >= 0.3 is 21.9 Å². The molecule has 2 heterocycles. The highest BCUT2D eigenvalue weighted by molar-refractivity contribution is 7.87. The average molecular weight is 393 g/mol. The first-order valence-electron chi connectivity index (χ1n) is 6.44. The van der Waals surface area contributed by atoms with Crippen molar-refractivity contribution in [3.8, 4) is 0 Å². The van der Waals surface area contributed by atoms with Gasteiger partial charge in [0.25, 0.3) is 5.56 Å². The smallest absolute Gasteiger partial charge is 0.381 e. The highest BCUT2D eigenvalue weighted by Crippen LogP contribution is 2.32. The molecular formula is C12H9F6NO5S. The van der Waals surface area contributed by atoms with Crippen LogP contribution in [0, 0.1) is 0 Å². The van der Waals surface area contributed by atoms with Crippen molar-refractivity contribution in [2.75, 3.05) is 6.61 Å². The zero-order valence-corrected chi connectivity index (χ0v) is 12.8. The molecule has 1 aliphatic heterocycles. The fourth-order valence-corrected chi connectivity index (χ4v) is 2.42. The molecule has 0 fully saturated rings. The average Bonchev–Trinajstić information content (AvgIpc) is 2.45. The van der Waals surface area contributed by atoms with Gasteiger partial charge in [-0.1, -0.05) is 0 Å².